The predicted molar refractivity (Wildman–Crippen MR) is 83.3 cm³/mol. The first-order chi connectivity index (χ1) is 10.6. The number of likely N-dealkylation sites (tertiary alicyclic amines) is 1. The summed E-state index contributed by atoms with van der Waals surface area (Å²) in [5, 5.41) is 3.31. The average Bonchev–Trinajstić information content (AvgIpc) is 3.31. The Bertz CT molecular complexity index is 546. The number of nitrogens with zero attached hydrogens (tertiary/aromatic N) is 2. The van der Waals surface area contributed by atoms with E-state index in [1.807, 2.05) is 17.0 Å². The predicted octanol–water partition coefficient (Wildman–Crippen LogP) is 1.38. The summed E-state index contributed by atoms with van der Waals surface area (Å²) in [7, 11) is 0. The number of nitrogens with two attached hydrogens (primary N) is 1. The van der Waals surface area contributed by atoms with Crippen LogP contribution in [0.25, 0.3) is 0 Å². The molecule has 0 unspecified atom stereocenters. The van der Waals surface area contributed by atoms with Crippen molar-refractivity contribution in [1.29, 1.82) is 0 Å². The van der Waals surface area contributed by atoms with Crippen molar-refractivity contribution in [2.45, 2.75) is 38.1 Å². The van der Waals surface area contributed by atoms with E-state index in [-0.39, 0.29) is 11.8 Å². The van der Waals surface area contributed by atoms with Crippen LogP contribution >= 0.6 is 0 Å². The normalized spacial score (nSPS) is 19.0. The molecule has 2 aliphatic rings. The van der Waals surface area contributed by atoms with Gasteiger partial charge in [-0.3, -0.25) is 9.59 Å². The SMILES string of the molecule is NC(=O)CC1CCN(C(=O)c2ccc(NC3CC3)nc2)CC1. The number of pyridine rings is 1. The lowest BCUT2D eigenvalue weighted by molar-refractivity contribution is -0.119. The molecule has 6 nitrogen and oxygen atoms in total. The van der Waals surface area contributed by atoms with Gasteiger partial charge in [0.05, 0.1) is 5.56 Å². The molecule has 1 aliphatic carbocycles. The van der Waals surface area contributed by atoms with Crippen molar-refractivity contribution < 1.29 is 9.59 Å². The molecule has 2 heterocycles. The molecule has 1 saturated heterocycles. The minimum atomic E-state index is -0.257. The molecule has 1 saturated carbocycles. The third kappa shape index (κ3) is 3.75. The molecule has 2 amide bonds. The summed E-state index contributed by atoms with van der Waals surface area (Å²) in [5.41, 5.74) is 5.85. The smallest absolute Gasteiger partial charge is 0.255 e. The van der Waals surface area contributed by atoms with Gasteiger partial charge in [0.25, 0.3) is 5.91 Å². The van der Waals surface area contributed by atoms with E-state index in [2.05, 4.69) is 10.3 Å². The van der Waals surface area contributed by atoms with Crippen molar-refractivity contribution in [2.24, 2.45) is 11.7 Å². The fraction of sp³-hybridized carbons (Fsp3) is 0.562. The highest BCUT2D eigenvalue weighted by atomic mass is 16.2. The molecule has 0 bridgehead atoms. The van der Waals surface area contributed by atoms with Crippen molar-refractivity contribution in [1.82, 2.24) is 9.88 Å². The van der Waals surface area contributed by atoms with Gasteiger partial charge in [-0.2, -0.15) is 0 Å². The van der Waals surface area contributed by atoms with E-state index in [4.69, 9.17) is 5.73 Å². The maximum absolute atomic E-state index is 12.4. The van der Waals surface area contributed by atoms with Gasteiger partial charge in [0.2, 0.25) is 5.91 Å². The highest BCUT2D eigenvalue weighted by Gasteiger charge is 2.25. The van der Waals surface area contributed by atoms with E-state index in [0.717, 1.165) is 18.7 Å². The number of carbonyl (C=O) groups is 2. The van der Waals surface area contributed by atoms with E-state index in [9.17, 15) is 9.59 Å². The molecular weight excluding hydrogens is 280 g/mol. The first-order valence-electron chi connectivity index (χ1n) is 7.92. The van der Waals surface area contributed by atoms with Gasteiger partial charge in [-0.1, -0.05) is 0 Å². The molecule has 1 aromatic heterocycles. The van der Waals surface area contributed by atoms with Crippen LogP contribution in [0.3, 0.4) is 0 Å². The van der Waals surface area contributed by atoms with Crippen molar-refractivity contribution >= 4 is 17.6 Å². The zero-order chi connectivity index (χ0) is 15.5. The Kier molecular flexibility index (Phi) is 4.27. The maximum Gasteiger partial charge on any atom is 0.255 e. The van der Waals surface area contributed by atoms with E-state index >= 15 is 0 Å². The number of amides is 2. The van der Waals surface area contributed by atoms with E-state index in [1.54, 1.807) is 6.20 Å². The van der Waals surface area contributed by atoms with Gasteiger partial charge >= 0.3 is 0 Å². The quantitative estimate of drug-likeness (QED) is 0.860. The molecule has 2 fully saturated rings. The first-order valence-corrected chi connectivity index (χ1v) is 7.92. The van der Waals surface area contributed by atoms with Crippen molar-refractivity contribution in [3.63, 3.8) is 0 Å². The monoisotopic (exact) mass is 302 g/mol. The van der Waals surface area contributed by atoms with E-state index in [0.29, 0.717) is 37.0 Å². The third-order valence-electron chi connectivity index (χ3n) is 4.33. The average molecular weight is 302 g/mol. The van der Waals surface area contributed by atoms with Gasteiger partial charge in [-0.25, -0.2) is 4.98 Å². The van der Waals surface area contributed by atoms with Crippen LogP contribution in [0.15, 0.2) is 18.3 Å². The minimum absolute atomic E-state index is 0.0167. The van der Waals surface area contributed by atoms with Crippen LogP contribution in [0.5, 0.6) is 0 Å². The summed E-state index contributed by atoms with van der Waals surface area (Å²) in [6.07, 6.45) is 6.13. The molecule has 118 valence electrons. The highest BCUT2D eigenvalue weighted by Crippen LogP contribution is 2.24. The van der Waals surface area contributed by atoms with Crippen molar-refractivity contribution in [3.05, 3.63) is 23.9 Å². The van der Waals surface area contributed by atoms with E-state index in [1.165, 1.54) is 12.8 Å². The van der Waals surface area contributed by atoms with Crippen molar-refractivity contribution in [2.75, 3.05) is 18.4 Å². The summed E-state index contributed by atoms with van der Waals surface area (Å²) >= 11 is 0. The number of nitrogens with one attached hydrogen (secondary N) is 1. The lowest BCUT2D eigenvalue weighted by Gasteiger charge is -2.31. The number of rotatable bonds is 5. The number of aromatic nitrogens is 1. The van der Waals surface area contributed by atoms with Gasteiger partial charge in [-0.15, -0.1) is 0 Å². The lowest BCUT2D eigenvalue weighted by atomic mass is 9.93. The largest absolute Gasteiger partial charge is 0.370 e. The Morgan fingerprint density at radius 2 is 1.95 bits per heavy atom. The molecule has 3 rings (SSSR count). The Balaban J connectivity index is 1.54. The topological polar surface area (TPSA) is 88.3 Å². The number of piperidine rings is 1. The first kappa shape index (κ1) is 14.8. The number of hydrogen-bond donors (Lipinski definition) is 2. The van der Waals surface area contributed by atoms with Gasteiger partial charge in [0, 0.05) is 31.7 Å². The van der Waals surface area contributed by atoms with Gasteiger partial charge in [0.1, 0.15) is 5.82 Å². The maximum atomic E-state index is 12.4. The van der Waals surface area contributed by atoms with Crippen LogP contribution in [-0.2, 0) is 4.79 Å². The molecule has 1 aromatic rings. The summed E-state index contributed by atoms with van der Waals surface area (Å²) in [6.45, 7) is 1.36. The molecule has 0 spiro atoms. The van der Waals surface area contributed by atoms with Crippen LogP contribution < -0.4 is 11.1 Å². The molecule has 6 heteroatoms. The summed E-state index contributed by atoms with van der Waals surface area (Å²) in [4.78, 5) is 29.5. The minimum Gasteiger partial charge on any atom is -0.370 e. The van der Waals surface area contributed by atoms with Crippen LogP contribution in [-0.4, -0.2) is 40.8 Å². The molecule has 0 aromatic carbocycles. The summed E-state index contributed by atoms with van der Waals surface area (Å²) < 4.78 is 0. The third-order valence-corrected chi connectivity index (χ3v) is 4.33. The fourth-order valence-corrected chi connectivity index (χ4v) is 2.85. The highest BCUT2D eigenvalue weighted by molar-refractivity contribution is 5.94. The number of hydrogen-bond acceptors (Lipinski definition) is 4. The van der Waals surface area contributed by atoms with E-state index < -0.39 is 0 Å². The second-order valence-electron chi connectivity index (χ2n) is 6.26. The van der Waals surface area contributed by atoms with Crippen LogP contribution in [0.1, 0.15) is 42.5 Å². The summed E-state index contributed by atoms with van der Waals surface area (Å²) in [5.74, 6) is 0.903. The number of anilines is 1. The number of primary amides is 1. The zero-order valence-corrected chi connectivity index (χ0v) is 12.6. The Labute approximate surface area is 130 Å². The zero-order valence-electron chi connectivity index (χ0n) is 12.6. The molecular formula is C16H22N4O2. The van der Waals surface area contributed by atoms with Crippen LogP contribution in [0, 0.1) is 5.92 Å². The van der Waals surface area contributed by atoms with Gasteiger partial charge in [0.15, 0.2) is 0 Å². The number of carbonyl (C=O) groups excluding carboxylic acids is 2. The fourth-order valence-electron chi connectivity index (χ4n) is 2.85. The Morgan fingerprint density at radius 3 is 2.50 bits per heavy atom. The molecule has 0 atom stereocenters. The van der Waals surface area contributed by atoms with Gasteiger partial charge in [-0.05, 0) is 43.7 Å². The second kappa shape index (κ2) is 6.34. The molecule has 1 aliphatic heterocycles. The van der Waals surface area contributed by atoms with Crippen LogP contribution in [0.2, 0.25) is 0 Å². The van der Waals surface area contributed by atoms with Crippen LogP contribution in [0.4, 0.5) is 5.82 Å². The molecule has 3 N–H and O–H groups in total. The standard InChI is InChI=1S/C16H22N4O2/c17-14(21)9-11-5-7-20(8-6-11)16(22)12-1-4-15(18-10-12)19-13-2-3-13/h1,4,10-11,13H,2-3,5-9H2,(H2,17,21)(H,18,19). The van der Waals surface area contributed by atoms with Gasteiger partial charge < -0.3 is 16.0 Å². The summed E-state index contributed by atoms with van der Waals surface area (Å²) in [6, 6.07) is 4.25. The Hall–Kier alpha value is -2.11. The Morgan fingerprint density at radius 1 is 1.23 bits per heavy atom. The second-order valence-corrected chi connectivity index (χ2v) is 6.26. The molecule has 22 heavy (non-hydrogen) atoms. The van der Waals surface area contributed by atoms with Crippen molar-refractivity contribution in [3.8, 4) is 0 Å². The molecule has 0 radical (unpaired) electrons. The lowest BCUT2D eigenvalue weighted by Crippen LogP contribution is -2.39.